The number of carbonyl (C=O) groups is 1. The number of nitrogens with zero attached hydrogens (tertiary/aromatic N) is 2. The predicted octanol–water partition coefficient (Wildman–Crippen LogP) is 6.21. The molecular weight excluding hydrogens is 471 g/mol. The number of benzene rings is 1. The van der Waals surface area contributed by atoms with Crippen LogP contribution >= 0.6 is 0 Å². The second-order valence-corrected chi connectivity index (χ2v) is 8.31. The summed E-state index contributed by atoms with van der Waals surface area (Å²) in [5.41, 5.74) is 7.27. The predicted molar refractivity (Wildman–Crippen MR) is 148 cm³/mol. The van der Waals surface area contributed by atoms with Crippen LogP contribution in [0.2, 0.25) is 0 Å². The molecule has 0 radical (unpaired) electrons. The maximum atomic E-state index is 14.5. The molecule has 0 saturated heterocycles. The highest BCUT2D eigenvalue weighted by Gasteiger charge is 2.34. The number of rotatable bonds is 0. The molecule has 3 aliphatic rings. The monoisotopic (exact) mass is 512 g/mol. The van der Waals surface area contributed by atoms with Crippen molar-refractivity contribution in [1.82, 2.24) is 9.55 Å². The van der Waals surface area contributed by atoms with Crippen molar-refractivity contribution in [3.63, 3.8) is 0 Å². The molecule has 0 amide bonds. The highest BCUT2D eigenvalue weighted by Crippen LogP contribution is 2.42. The normalized spacial score (nSPS) is 15.5. The van der Waals surface area contributed by atoms with Crippen molar-refractivity contribution in [2.45, 2.75) is 93.7 Å². The molecule has 1 atom stereocenters. The SMILES string of the molecule is CC.CC.CC.CO.Cc1c(F)cc2nc3c(c4c2c1CCC4)Cn1c-3cc2c(c1=O)COC(=O)C2C. The van der Waals surface area contributed by atoms with E-state index >= 15 is 0 Å². The van der Waals surface area contributed by atoms with Gasteiger partial charge in [0.25, 0.3) is 5.56 Å². The number of halogens is 1. The fourth-order valence-electron chi connectivity index (χ4n) is 5.25. The molecule has 202 valence electrons. The number of carbonyl (C=O) groups excluding carboxylic acids is 1. The van der Waals surface area contributed by atoms with E-state index in [0.717, 1.165) is 59.8 Å². The highest BCUT2D eigenvalue weighted by molar-refractivity contribution is 5.92. The summed E-state index contributed by atoms with van der Waals surface area (Å²) in [7, 11) is 1.00. The summed E-state index contributed by atoms with van der Waals surface area (Å²) in [6.07, 6.45) is 2.72. The van der Waals surface area contributed by atoms with Crippen molar-refractivity contribution < 1.29 is 19.0 Å². The molecule has 0 spiro atoms. The largest absolute Gasteiger partial charge is 0.460 e. The van der Waals surface area contributed by atoms with E-state index < -0.39 is 5.92 Å². The van der Waals surface area contributed by atoms with E-state index in [4.69, 9.17) is 14.8 Å². The van der Waals surface area contributed by atoms with Gasteiger partial charge in [0.1, 0.15) is 12.4 Å². The Morgan fingerprint density at radius 2 is 1.59 bits per heavy atom. The van der Waals surface area contributed by atoms with Gasteiger partial charge in [0.05, 0.1) is 34.9 Å². The zero-order valence-corrected chi connectivity index (χ0v) is 23.7. The van der Waals surface area contributed by atoms with Gasteiger partial charge >= 0.3 is 5.97 Å². The lowest BCUT2D eigenvalue weighted by Crippen LogP contribution is -2.31. The second-order valence-electron chi connectivity index (χ2n) is 8.31. The summed E-state index contributed by atoms with van der Waals surface area (Å²) in [6.45, 7) is 16.1. The van der Waals surface area contributed by atoms with Crippen LogP contribution in [0.5, 0.6) is 0 Å². The lowest BCUT2D eigenvalue weighted by molar-refractivity contribution is -0.147. The summed E-state index contributed by atoms with van der Waals surface area (Å²) < 4.78 is 21.5. The molecular formula is C30H41FN2O4. The third-order valence-corrected chi connectivity index (χ3v) is 6.84. The molecule has 0 bridgehead atoms. The molecule has 1 aliphatic carbocycles. The molecule has 37 heavy (non-hydrogen) atoms. The van der Waals surface area contributed by atoms with Gasteiger partial charge in [0, 0.05) is 24.1 Å². The minimum absolute atomic E-state index is 0.0186. The summed E-state index contributed by atoms with van der Waals surface area (Å²) >= 11 is 0. The van der Waals surface area contributed by atoms with Gasteiger partial charge in [-0.3, -0.25) is 9.59 Å². The van der Waals surface area contributed by atoms with Crippen LogP contribution in [0.3, 0.4) is 0 Å². The molecule has 6 rings (SSSR count). The third kappa shape index (κ3) is 4.93. The molecule has 1 N–H and O–H groups in total. The van der Waals surface area contributed by atoms with Crippen LogP contribution in [-0.4, -0.2) is 27.7 Å². The number of pyridine rings is 2. The first-order chi connectivity index (χ1) is 18.0. The number of hydrogen-bond acceptors (Lipinski definition) is 5. The Kier molecular flexibility index (Phi) is 10.6. The Bertz CT molecular complexity index is 1340. The van der Waals surface area contributed by atoms with Gasteiger partial charge < -0.3 is 14.4 Å². The van der Waals surface area contributed by atoms with Gasteiger partial charge in [-0.2, -0.15) is 0 Å². The van der Waals surface area contributed by atoms with Crippen molar-refractivity contribution in [2.24, 2.45) is 0 Å². The average molecular weight is 513 g/mol. The molecule has 4 heterocycles. The van der Waals surface area contributed by atoms with E-state index in [0.29, 0.717) is 23.2 Å². The second kappa shape index (κ2) is 13.0. The standard InChI is InChI=1S/C23H19FN2O3.3C2H6.CH4O/c1-10-12-4-3-5-13-15-8-26-19(21(15)25-18(20(12)13)7-17(10)24)6-14-11(2)23(28)29-9-16(14)22(26)27;4*1-2/h6-7,11H,3-5,8-9H2,1-2H3;3*1-2H3;2H,1H3. The zero-order valence-electron chi connectivity index (χ0n) is 23.7. The number of aliphatic hydroxyl groups is 1. The minimum Gasteiger partial charge on any atom is -0.460 e. The lowest BCUT2D eigenvalue weighted by Gasteiger charge is -2.22. The van der Waals surface area contributed by atoms with E-state index in [1.54, 1.807) is 11.5 Å². The van der Waals surface area contributed by atoms with E-state index in [9.17, 15) is 14.0 Å². The van der Waals surface area contributed by atoms with Gasteiger partial charge in [-0.25, -0.2) is 9.37 Å². The van der Waals surface area contributed by atoms with Gasteiger partial charge in [-0.1, -0.05) is 41.5 Å². The quantitative estimate of drug-likeness (QED) is 0.283. The fraction of sp³-hybridized carbons (Fsp3) is 0.500. The Labute approximate surface area is 219 Å². The Balaban J connectivity index is 0.000000553. The molecule has 6 nitrogen and oxygen atoms in total. The van der Waals surface area contributed by atoms with E-state index in [-0.39, 0.29) is 24.0 Å². The topological polar surface area (TPSA) is 81.4 Å². The van der Waals surface area contributed by atoms with E-state index in [1.807, 2.05) is 54.5 Å². The van der Waals surface area contributed by atoms with Crippen LogP contribution in [0, 0.1) is 12.7 Å². The number of aryl methyl sites for hydroxylation is 2. The van der Waals surface area contributed by atoms with Crippen molar-refractivity contribution in [2.75, 3.05) is 7.11 Å². The van der Waals surface area contributed by atoms with Crippen LogP contribution < -0.4 is 5.56 Å². The number of aliphatic hydroxyl groups excluding tert-OH is 1. The zero-order chi connectivity index (χ0) is 28.0. The summed E-state index contributed by atoms with van der Waals surface area (Å²) in [5.74, 6) is -1.03. The van der Waals surface area contributed by atoms with Gasteiger partial charge in [-0.15, -0.1) is 0 Å². The van der Waals surface area contributed by atoms with Crippen LogP contribution in [0.1, 0.15) is 94.2 Å². The number of aromatic nitrogens is 2. The molecule has 7 heteroatoms. The van der Waals surface area contributed by atoms with Crippen molar-refractivity contribution in [1.29, 1.82) is 0 Å². The highest BCUT2D eigenvalue weighted by atomic mass is 19.1. The molecule has 0 saturated carbocycles. The Morgan fingerprint density at radius 1 is 0.973 bits per heavy atom. The summed E-state index contributed by atoms with van der Waals surface area (Å²) in [6, 6.07) is 3.43. The van der Waals surface area contributed by atoms with Crippen molar-refractivity contribution >= 4 is 16.9 Å². The fourth-order valence-corrected chi connectivity index (χ4v) is 5.25. The molecule has 2 aliphatic heterocycles. The molecule has 0 fully saturated rings. The Hall–Kier alpha value is -3.06. The molecule has 2 aromatic heterocycles. The van der Waals surface area contributed by atoms with Crippen LogP contribution in [0.15, 0.2) is 16.9 Å². The van der Waals surface area contributed by atoms with Crippen molar-refractivity contribution in [3.05, 3.63) is 61.7 Å². The number of hydrogen-bond donors (Lipinski definition) is 1. The first-order valence-electron chi connectivity index (χ1n) is 13.5. The van der Waals surface area contributed by atoms with E-state index in [1.165, 1.54) is 11.6 Å². The number of cyclic esters (lactones) is 1. The number of fused-ring (bicyclic) bond motifs is 5. The maximum absolute atomic E-state index is 14.5. The van der Waals surface area contributed by atoms with Crippen molar-refractivity contribution in [3.8, 4) is 11.4 Å². The average Bonchev–Trinajstić information content (AvgIpc) is 3.33. The Morgan fingerprint density at radius 3 is 2.24 bits per heavy atom. The molecule has 3 aromatic rings. The van der Waals surface area contributed by atoms with Gasteiger partial charge in [-0.05, 0) is 61.4 Å². The summed E-state index contributed by atoms with van der Waals surface area (Å²) in [5, 5.41) is 8.06. The summed E-state index contributed by atoms with van der Waals surface area (Å²) in [4.78, 5) is 30.0. The third-order valence-electron chi connectivity index (χ3n) is 6.84. The van der Waals surface area contributed by atoms with Crippen LogP contribution in [0.25, 0.3) is 22.3 Å². The number of esters is 1. The van der Waals surface area contributed by atoms with Gasteiger partial charge in [0.2, 0.25) is 0 Å². The van der Waals surface area contributed by atoms with Crippen LogP contribution in [0.4, 0.5) is 4.39 Å². The smallest absolute Gasteiger partial charge is 0.313 e. The molecule has 1 aromatic carbocycles. The lowest BCUT2D eigenvalue weighted by atomic mass is 9.85. The first-order valence-corrected chi connectivity index (χ1v) is 13.5. The maximum Gasteiger partial charge on any atom is 0.313 e. The first kappa shape index (κ1) is 30.2. The molecule has 1 unspecified atom stereocenters. The van der Waals surface area contributed by atoms with Crippen LogP contribution in [-0.2, 0) is 35.5 Å². The number of ether oxygens (including phenoxy) is 1. The van der Waals surface area contributed by atoms with E-state index in [2.05, 4.69) is 0 Å². The van der Waals surface area contributed by atoms with Gasteiger partial charge in [0.15, 0.2) is 0 Å². The minimum atomic E-state index is -0.480.